The lowest BCUT2D eigenvalue weighted by Crippen LogP contribution is -2.22. The number of carbonyl (C=O) groups excluding carboxylic acids is 2. The van der Waals surface area contributed by atoms with Crippen LogP contribution in [0.3, 0.4) is 0 Å². The third kappa shape index (κ3) is 4.08. The standard InChI is InChI=1S/C18H15ClN2O4/c1-21(2)17(22)12(10-20)8-13-5-7-16(25-13)11-4-6-14(15(19)9-11)18(23)24-3/h4-9H,1-3H3/b12-8-. The summed E-state index contributed by atoms with van der Waals surface area (Å²) >= 11 is 6.10. The number of ether oxygens (including phenoxy) is 1. The van der Waals surface area contributed by atoms with Crippen LogP contribution in [0.1, 0.15) is 16.1 Å². The first-order chi connectivity index (χ1) is 11.9. The molecule has 0 aliphatic carbocycles. The van der Waals surface area contributed by atoms with E-state index >= 15 is 0 Å². The van der Waals surface area contributed by atoms with Crippen LogP contribution in [0.25, 0.3) is 17.4 Å². The number of likely N-dealkylation sites (N-methyl/N-ethyl adjacent to an activating group) is 1. The molecule has 0 N–H and O–H groups in total. The summed E-state index contributed by atoms with van der Waals surface area (Å²) in [6, 6.07) is 9.96. The Bertz CT molecular complexity index is 891. The summed E-state index contributed by atoms with van der Waals surface area (Å²) in [6.07, 6.45) is 1.37. The first kappa shape index (κ1) is 18.3. The van der Waals surface area contributed by atoms with Gasteiger partial charge in [0.25, 0.3) is 5.91 Å². The first-order valence-electron chi connectivity index (χ1n) is 7.19. The van der Waals surface area contributed by atoms with Crippen LogP contribution in [-0.2, 0) is 9.53 Å². The van der Waals surface area contributed by atoms with Crippen LogP contribution in [-0.4, -0.2) is 38.0 Å². The lowest BCUT2D eigenvalue weighted by atomic mass is 10.1. The van der Waals surface area contributed by atoms with E-state index in [0.29, 0.717) is 17.1 Å². The highest BCUT2D eigenvalue weighted by molar-refractivity contribution is 6.33. The van der Waals surface area contributed by atoms with Gasteiger partial charge in [-0.3, -0.25) is 4.79 Å². The number of amides is 1. The molecular weight excluding hydrogens is 344 g/mol. The zero-order chi connectivity index (χ0) is 18.6. The normalized spacial score (nSPS) is 10.9. The van der Waals surface area contributed by atoms with Crippen molar-refractivity contribution in [3.63, 3.8) is 0 Å². The molecule has 7 heteroatoms. The molecule has 0 aliphatic rings. The van der Waals surface area contributed by atoms with E-state index < -0.39 is 11.9 Å². The molecule has 2 rings (SSSR count). The third-order valence-corrected chi connectivity index (χ3v) is 3.64. The molecule has 1 aromatic heterocycles. The van der Waals surface area contributed by atoms with Crippen molar-refractivity contribution in [3.8, 4) is 17.4 Å². The number of halogens is 1. The highest BCUT2D eigenvalue weighted by Crippen LogP contribution is 2.28. The molecule has 0 unspecified atom stereocenters. The van der Waals surface area contributed by atoms with Crippen LogP contribution >= 0.6 is 11.6 Å². The molecule has 1 aromatic carbocycles. The predicted octanol–water partition coefficient (Wildman–Crippen LogP) is 3.38. The number of rotatable bonds is 4. The molecule has 0 saturated carbocycles. The van der Waals surface area contributed by atoms with E-state index in [9.17, 15) is 9.59 Å². The molecule has 1 amide bonds. The van der Waals surface area contributed by atoms with Gasteiger partial charge in [-0.2, -0.15) is 5.26 Å². The average Bonchev–Trinajstić information content (AvgIpc) is 3.06. The SMILES string of the molecule is COC(=O)c1ccc(-c2ccc(/C=C(/C#N)C(=O)N(C)C)o2)cc1Cl. The van der Waals surface area contributed by atoms with Crippen LogP contribution < -0.4 is 0 Å². The first-order valence-corrected chi connectivity index (χ1v) is 7.56. The van der Waals surface area contributed by atoms with Gasteiger partial charge < -0.3 is 14.1 Å². The predicted molar refractivity (Wildman–Crippen MR) is 92.8 cm³/mol. The summed E-state index contributed by atoms with van der Waals surface area (Å²) in [5, 5.41) is 9.34. The van der Waals surface area contributed by atoms with E-state index in [4.69, 9.17) is 21.3 Å². The lowest BCUT2D eigenvalue weighted by Gasteiger charge is -2.07. The van der Waals surface area contributed by atoms with Gasteiger partial charge in [0.2, 0.25) is 0 Å². The number of hydrogen-bond donors (Lipinski definition) is 0. The van der Waals surface area contributed by atoms with E-state index in [1.807, 2.05) is 6.07 Å². The van der Waals surface area contributed by atoms with Crippen molar-refractivity contribution in [2.24, 2.45) is 0 Å². The fourth-order valence-electron chi connectivity index (χ4n) is 2.05. The van der Waals surface area contributed by atoms with Gasteiger partial charge in [-0.1, -0.05) is 17.7 Å². The average molecular weight is 359 g/mol. The lowest BCUT2D eigenvalue weighted by molar-refractivity contribution is -0.124. The Hall–Kier alpha value is -3.04. The van der Waals surface area contributed by atoms with Crippen molar-refractivity contribution < 1.29 is 18.7 Å². The van der Waals surface area contributed by atoms with Gasteiger partial charge in [0.1, 0.15) is 23.2 Å². The quantitative estimate of drug-likeness (QED) is 0.475. The van der Waals surface area contributed by atoms with Crippen LogP contribution in [0.15, 0.2) is 40.3 Å². The zero-order valence-electron chi connectivity index (χ0n) is 13.9. The van der Waals surface area contributed by atoms with Gasteiger partial charge in [0.05, 0.1) is 17.7 Å². The molecule has 1 heterocycles. The van der Waals surface area contributed by atoms with Crippen LogP contribution in [0, 0.1) is 11.3 Å². The van der Waals surface area contributed by atoms with Gasteiger partial charge in [0.15, 0.2) is 0 Å². The summed E-state index contributed by atoms with van der Waals surface area (Å²) in [6.45, 7) is 0. The molecule has 25 heavy (non-hydrogen) atoms. The highest BCUT2D eigenvalue weighted by Gasteiger charge is 2.15. The maximum atomic E-state index is 11.9. The maximum Gasteiger partial charge on any atom is 0.339 e. The summed E-state index contributed by atoms with van der Waals surface area (Å²) in [5.41, 5.74) is 0.864. The largest absolute Gasteiger partial charge is 0.465 e. The number of nitriles is 1. The van der Waals surface area contributed by atoms with Crippen molar-refractivity contribution in [2.45, 2.75) is 0 Å². The number of hydrogen-bond acceptors (Lipinski definition) is 5. The molecular formula is C18H15ClN2O4. The van der Waals surface area contributed by atoms with Gasteiger partial charge in [-0.15, -0.1) is 0 Å². The molecule has 0 saturated heterocycles. The molecule has 0 bridgehead atoms. The number of methoxy groups -OCH3 is 1. The van der Waals surface area contributed by atoms with Crippen LogP contribution in [0.4, 0.5) is 0 Å². The third-order valence-electron chi connectivity index (χ3n) is 3.33. The summed E-state index contributed by atoms with van der Waals surface area (Å²) < 4.78 is 10.3. The monoisotopic (exact) mass is 358 g/mol. The van der Waals surface area contributed by atoms with Gasteiger partial charge in [-0.05, 0) is 24.3 Å². The van der Waals surface area contributed by atoms with E-state index in [-0.39, 0.29) is 16.2 Å². The van der Waals surface area contributed by atoms with E-state index in [0.717, 1.165) is 0 Å². The molecule has 0 radical (unpaired) electrons. The zero-order valence-corrected chi connectivity index (χ0v) is 14.6. The Balaban J connectivity index is 2.33. The van der Waals surface area contributed by atoms with E-state index in [2.05, 4.69) is 4.74 Å². The number of furan rings is 1. The molecule has 0 spiro atoms. The fourth-order valence-corrected chi connectivity index (χ4v) is 2.31. The Labute approximate surface area is 149 Å². The van der Waals surface area contributed by atoms with Crippen molar-refractivity contribution >= 4 is 29.6 Å². The second kappa shape index (κ2) is 7.69. The molecule has 0 fully saturated rings. The molecule has 0 atom stereocenters. The Kier molecular flexibility index (Phi) is 5.63. The minimum Gasteiger partial charge on any atom is -0.465 e. The molecule has 0 aliphatic heterocycles. The Morgan fingerprint density at radius 2 is 2.00 bits per heavy atom. The topological polar surface area (TPSA) is 83.5 Å². The minimum atomic E-state index is -0.527. The highest BCUT2D eigenvalue weighted by atomic mass is 35.5. The number of carbonyl (C=O) groups is 2. The van der Waals surface area contributed by atoms with Crippen LogP contribution in [0.5, 0.6) is 0 Å². The van der Waals surface area contributed by atoms with E-state index in [1.54, 1.807) is 38.4 Å². The van der Waals surface area contributed by atoms with E-state index in [1.165, 1.54) is 24.2 Å². The number of benzene rings is 1. The number of nitrogens with zero attached hydrogens (tertiary/aromatic N) is 2. The smallest absolute Gasteiger partial charge is 0.339 e. The summed E-state index contributed by atoms with van der Waals surface area (Å²) in [4.78, 5) is 24.7. The van der Waals surface area contributed by atoms with Crippen molar-refractivity contribution in [1.82, 2.24) is 4.90 Å². The molecule has 6 nitrogen and oxygen atoms in total. The molecule has 2 aromatic rings. The Morgan fingerprint density at radius 3 is 2.56 bits per heavy atom. The fraction of sp³-hybridized carbons (Fsp3) is 0.167. The molecule has 128 valence electrons. The number of esters is 1. The maximum absolute atomic E-state index is 11.9. The van der Waals surface area contributed by atoms with Crippen LogP contribution in [0.2, 0.25) is 5.02 Å². The summed E-state index contributed by atoms with van der Waals surface area (Å²) in [5.74, 6) is -0.0968. The second-order valence-electron chi connectivity index (χ2n) is 5.26. The Morgan fingerprint density at radius 1 is 1.28 bits per heavy atom. The summed E-state index contributed by atoms with van der Waals surface area (Å²) in [7, 11) is 4.40. The van der Waals surface area contributed by atoms with Crippen molar-refractivity contribution in [1.29, 1.82) is 5.26 Å². The minimum absolute atomic E-state index is 0.0371. The second-order valence-corrected chi connectivity index (χ2v) is 5.66. The van der Waals surface area contributed by atoms with Crippen molar-refractivity contribution in [2.75, 3.05) is 21.2 Å². The van der Waals surface area contributed by atoms with Crippen molar-refractivity contribution in [3.05, 3.63) is 52.3 Å². The van der Waals surface area contributed by atoms with Gasteiger partial charge in [0, 0.05) is 25.7 Å². The van der Waals surface area contributed by atoms with Gasteiger partial charge in [-0.25, -0.2) is 4.79 Å². The van der Waals surface area contributed by atoms with Gasteiger partial charge >= 0.3 is 5.97 Å².